The molecule has 1 unspecified atom stereocenters. The van der Waals surface area contributed by atoms with Gasteiger partial charge in [-0.25, -0.2) is 0 Å². The fraction of sp³-hybridized carbons (Fsp3) is 0.625. The van der Waals surface area contributed by atoms with E-state index in [2.05, 4.69) is 5.32 Å². The van der Waals surface area contributed by atoms with Crippen molar-refractivity contribution in [1.29, 1.82) is 0 Å². The summed E-state index contributed by atoms with van der Waals surface area (Å²) in [6.45, 7) is 6.38. The number of alkyl halides is 3. The van der Waals surface area contributed by atoms with E-state index in [1.807, 2.05) is 20.8 Å². The van der Waals surface area contributed by atoms with Gasteiger partial charge < -0.3 is 10.1 Å². The summed E-state index contributed by atoms with van der Waals surface area (Å²) in [5.41, 5.74) is -0.606. The summed E-state index contributed by atoms with van der Waals surface area (Å²) in [6, 6.07) is 5.43. The molecule has 0 fully saturated rings. The highest BCUT2D eigenvalue weighted by Crippen LogP contribution is 2.36. The summed E-state index contributed by atoms with van der Waals surface area (Å²) in [7, 11) is 1.62. The molecule has 1 atom stereocenters. The van der Waals surface area contributed by atoms with E-state index in [1.54, 1.807) is 19.2 Å². The minimum atomic E-state index is -4.33. The first-order chi connectivity index (χ1) is 9.71. The lowest BCUT2D eigenvalue weighted by molar-refractivity contribution is -0.138. The van der Waals surface area contributed by atoms with E-state index in [0.717, 1.165) is 6.07 Å². The first-order valence-electron chi connectivity index (χ1n) is 7.16. The molecule has 0 saturated carbocycles. The summed E-state index contributed by atoms with van der Waals surface area (Å²) in [6.07, 6.45) is -3.07. The average Bonchev–Trinajstić information content (AvgIpc) is 2.42. The maximum Gasteiger partial charge on any atom is 0.416 e. The van der Waals surface area contributed by atoms with Gasteiger partial charge in [0.05, 0.1) is 11.2 Å². The van der Waals surface area contributed by atoms with Crippen LogP contribution in [0.1, 0.15) is 50.8 Å². The molecule has 0 heterocycles. The maximum atomic E-state index is 13.1. The molecule has 0 aliphatic heterocycles. The standard InChI is InChI=1S/C16H24F3NO/c1-5-20-14(10-11-15(2,3)21-4)12-8-6-7-9-13(12)16(17,18)19/h6-9,14,20H,5,10-11H2,1-4H3. The van der Waals surface area contributed by atoms with E-state index in [9.17, 15) is 13.2 Å². The number of benzene rings is 1. The third-order valence-corrected chi connectivity index (χ3v) is 3.68. The minimum absolute atomic E-state index is 0.304. The van der Waals surface area contributed by atoms with Crippen LogP contribution in [0, 0.1) is 0 Å². The predicted octanol–water partition coefficient (Wildman–Crippen LogP) is 4.56. The number of methoxy groups -OCH3 is 1. The van der Waals surface area contributed by atoms with E-state index in [0.29, 0.717) is 24.9 Å². The van der Waals surface area contributed by atoms with Crippen molar-refractivity contribution < 1.29 is 17.9 Å². The number of halogens is 3. The summed E-state index contributed by atoms with van der Waals surface area (Å²) >= 11 is 0. The lowest BCUT2D eigenvalue weighted by Crippen LogP contribution is -2.28. The molecule has 1 N–H and O–H groups in total. The van der Waals surface area contributed by atoms with E-state index in [4.69, 9.17) is 4.74 Å². The second-order valence-corrected chi connectivity index (χ2v) is 5.70. The predicted molar refractivity (Wildman–Crippen MR) is 78.2 cm³/mol. The van der Waals surface area contributed by atoms with Crippen molar-refractivity contribution in [2.45, 2.75) is 51.4 Å². The fourth-order valence-electron chi connectivity index (χ4n) is 2.27. The summed E-state index contributed by atoms with van der Waals surface area (Å²) in [5.74, 6) is 0. The Bertz CT molecular complexity index is 443. The topological polar surface area (TPSA) is 21.3 Å². The summed E-state index contributed by atoms with van der Waals surface area (Å²) in [5, 5.41) is 3.15. The smallest absolute Gasteiger partial charge is 0.379 e. The van der Waals surface area contributed by atoms with Gasteiger partial charge in [0.25, 0.3) is 0 Å². The Morgan fingerprint density at radius 1 is 1.19 bits per heavy atom. The van der Waals surface area contributed by atoms with Crippen molar-refractivity contribution >= 4 is 0 Å². The third kappa shape index (κ3) is 5.32. The van der Waals surface area contributed by atoms with Crippen LogP contribution in [0.4, 0.5) is 13.2 Å². The van der Waals surface area contributed by atoms with Crippen LogP contribution in [-0.4, -0.2) is 19.3 Å². The first kappa shape index (κ1) is 18.0. The van der Waals surface area contributed by atoms with Crippen LogP contribution in [0.25, 0.3) is 0 Å². The van der Waals surface area contributed by atoms with Gasteiger partial charge in [0.1, 0.15) is 0 Å². The summed E-state index contributed by atoms with van der Waals surface area (Å²) in [4.78, 5) is 0. The van der Waals surface area contributed by atoms with E-state index < -0.39 is 11.7 Å². The molecule has 1 aromatic carbocycles. The SMILES string of the molecule is CCNC(CCC(C)(C)OC)c1ccccc1C(F)(F)F. The molecule has 120 valence electrons. The second-order valence-electron chi connectivity index (χ2n) is 5.70. The monoisotopic (exact) mass is 303 g/mol. The van der Waals surface area contributed by atoms with E-state index in [-0.39, 0.29) is 11.6 Å². The van der Waals surface area contributed by atoms with E-state index in [1.165, 1.54) is 6.07 Å². The highest BCUT2D eigenvalue weighted by atomic mass is 19.4. The van der Waals surface area contributed by atoms with Gasteiger partial charge in [-0.15, -0.1) is 0 Å². The van der Waals surface area contributed by atoms with Gasteiger partial charge in [0.15, 0.2) is 0 Å². The zero-order valence-electron chi connectivity index (χ0n) is 13.1. The molecule has 0 bridgehead atoms. The van der Waals surface area contributed by atoms with Crippen LogP contribution in [0.3, 0.4) is 0 Å². The molecule has 1 rings (SSSR count). The van der Waals surface area contributed by atoms with Crippen molar-refractivity contribution in [2.75, 3.05) is 13.7 Å². The fourth-order valence-corrected chi connectivity index (χ4v) is 2.27. The number of hydrogen-bond acceptors (Lipinski definition) is 2. The molecule has 2 nitrogen and oxygen atoms in total. The third-order valence-electron chi connectivity index (χ3n) is 3.68. The van der Waals surface area contributed by atoms with Gasteiger partial charge in [-0.1, -0.05) is 25.1 Å². The van der Waals surface area contributed by atoms with Crippen LogP contribution < -0.4 is 5.32 Å². The Kier molecular flexibility index (Phi) is 6.23. The lowest BCUT2D eigenvalue weighted by Gasteiger charge is -2.28. The second kappa shape index (κ2) is 7.27. The molecule has 0 saturated heterocycles. The Morgan fingerprint density at radius 3 is 2.33 bits per heavy atom. The molecule has 0 spiro atoms. The Morgan fingerprint density at radius 2 is 1.81 bits per heavy atom. The van der Waals surface area contributed by atoms with Gasteiger partial charge in [0, 0.05) is 13.2 Å². The molecular formula is C16H24F3NO. The van der Waals surface area contributed by atoms with Crippen molar-refractivity contribution in [3.63, 3.8) is 0 Å². The Balaban J connectivity index is 3.01. The number of nitrogens with one attached hydrogen (secondary N) is 1. The zero-order chi connectivity index (χ0) is 16.1. The van der Waals surface area contributed by atoms with Crippen LogP contribution in [0.2, 0.25) is 0 Å². The zero-order valence-corrected chi connectivity index (χ0v) is 13.1. The quantitative estimate of drug-likeness (QED) is 0.797. The Labute approximate surface area is 124 Å². The summed E-state index contributed by atoms with van der Waals surface area (Å²) < 4.78 is 44.8. The largest absolute Gasteiger partial charge is 0.416 e. The first-order valence-corrected chi connectivity index (χ1v) is 7.16. The van der Waals surface area contributed by atoms with Gasteiger partial charge >= 0.3 is 6.18 Å². The molecule has 0 radical (unpaired) electrons. The number of rotatable bonds is 7. The lowest BCUT2D eigenvalue weighted by atomic mass is 9.92. The van der Waals surface area contributed by atoms with Crippen molar-refractivity contribution in [2.24, 2.45) is 0 Å². The van der Waals surface area contributed by atoms with Crippen molar-refractivity contribution in [3.8, 4) is 0 Å². The van der Waals surface area contributed by atoms with Crippen LogP contribution in [0.15, 0.2) is 24.3 Å². The highest BCUT2D eigenvalue weighted by molar-refractivity contribution is 5.32. The number of ether oxygens (including phenoxy) is 1. The van der Waals surface area contributed by atoms with Gasteiger partial charge in [-0.3, -0.25) is 0 Å². The van der Waals surface area contributed by atoms with Gasteiger partial charge in [-0.2, -0.15) is 13.2 Å². The van der Waals surface area contributed by atoms with Crippen molar-refractivity contribution in [1.82, 2.24) is 5.32 Å². The molecule has 1 aromatic rings. The van der Waals surface area contributed by atoms with Crippen LogP contribution in [-0.2, 0) is 10.9 Å². The molecule has 5 heteroatoms. The molecule has 0 aromatic heterocycles. The molecule has 0 amide bonds. The van der Waals surface area contributed by atoms with Crippen LogP contribution in [0.5, 0.6) is 0 Å². The average molecular weight is 303 g/mol. The molecular weight excluding hydrogens is 279 g/mol. The molecule has 21 heavy (non-hydrogen) atoms. The Hall–Kier alpha value is -1.07. The molecule has 0 aliphatic carbocycles. The highest BCUT2D eigenvalue weighted by Gasteiger charge is 2.35. The number of hydrogen-bond donors (Lipinski definition) is 1. The minimum Gasteiger partial charge on any atom is -0.379 e. The van der Waals surface area contributed by atoms with Crippen LogP contribution >= 0.6 is 0 Å². The maximum absolute atomic E-state index is 13.1. The van der Waals surface area contributed by atoms with Crippen molar-refractivity contribution in [3.05, 3.63) is 35.4 Å². The normalized spacial score (nSPS) is 14.2. The van der Waals surface area contributed by atoms with Gasteiger partial charge in [0.2, 0.25) is 0 Å². The molecule has 0 aliphatic rings. The van der Waals surface area contributed by atoms with E-state index >= 15 is 0 Å². The van der Waals surface area contributed by atoms with Gasteiger partial charge in [-0.05, 0) is 44.9 Å².